The summed E-state index contributed by atoms with van der Waals surface area (Å²) in [5.74, 6) is 0. The summed E-state index contributed by atoms with van der Waals surface area (Å²) in [7, 11) is 1.17. The van der Waals surface area contributed by atoms with Crippen LogP contribution in [0.3, 0.4) is 0 Å². The van der Waals surface area contributed by atoms with Gasteiger partial charge in [-0.3, -0.25) is 0 Å². The molecule has 13 heavy (non-hydrogen) atoms. The van der Waals surface area contributed by atoms with Gasteiger partial charge in [-0.15, -0.1) is 8.58 Å². The lowest BCUT2D eigenvalue weighted by Gasteiger charge is -2.01. The molecule has 0 saturated heterocycles. The van der Waals surface area contributed by atoms with E-state index in [1.165, 1.54) is 65.9 Å². The summed E-state index contributed by atoms with van der Waals surface area (Å²) in [6.45, 7) is 3.15. The van der Waals surface area contributed by atoms with Crippen molar-refractivity contribution >= 4 is 8.58 Å². The van der Waals surface area contributed by atoms with Crippen LogP contribution in [0.1, 0.15) is 51.9 Å². The summed E-state index contributed by atoms with van der Waals surface area (Å²) >= 11 is 0. The zero-order valence-electron chi connectivity index (χ0n) is 9.15. The smallest absolute Gasteiger partial charge is 0.00740 e. The maximum atomic E-state index is 5.43. The van der Waals surface area contributed by atoms with E-state index >= 15 is 0 Å². The number of rotatable bonds is 10. The largest absolute Gasteiger partial charge is 0.330 e. The Labute approximate surface area is 85.6 Å². The Morgan fingerprint density at radius 3 is 2.15 bits per heavy atom. The summed E-state index contributed by atoms with van der Waals surface area (Å²) in [5, 5.41) is 0. The Kier molecular flexibility index (Phi) is 12.8. The highest BCUT2D eigenvalue weighted by Gasteiger charge is 1.90. The minimum Gasteiger partial charge on any atom is -0.330 e. The van der Waals surface area contributed by atoms with Crippen LogP contribution in [0, 0.1) is 0 Å². The van der Waals surface area contributed by atoms with Crippen molar-refractivity contribution in [3.05, 3.63) is 0 Å². The molecule has 0 aromatic rings. The average molecular weight is 203 g/mol. The number of unbranched alkanes of at least 4 members (excludes halogenated alkanes) is 5. The quantitative estimate of drug-likeness (QED) is 0.427. The predicted octanol–water partition coefficient (Wildman–Crippen LogP) is 3.37. The normalized spacial score (nSPS) is 11.5. The van der Waals surface area contributed by atoms with E-state index < -0.39 is 0 Å². The summed E-state index contributed by atoms with van der Waals surface area (Å²) in [6, 6.07) is 0. The van der Waals surface area contributed by atoms with Crippen molar-refractivity contribution in [2.75, 3.05) is 18.9 Å². The van der Waals surface area contributed by atoms with Crippen LogP contribution in [-0.4, -0.2) is 18.9 Å². The van der Waals surface area contributed by atoms with Gasteiger partial charge in [-0.25, -0.2) is 0 Å². The fourth-order valence-electron chi connectivity index (χ4n) is 1.38. The first-order valence-corrected chi connectivity index (χ1v) is 7.24. The number of hydrogen-bond donors (Lipinski definition) is 1. The van der Waals surface area contributed by atoms with Crippen molar-refractivity contribution in [1.29, 1.82) is 0 Å². The van der Waals surface area contributed by atoms with Crippen LogP contribution in [0.4, 0.5) is 0 Å². The molecule has 1 unspecified atom stereocenters. The second kappa shape index (κ2) is 12.4. The molecular formula is C11H26NP. The first-order chi connectivity index (χ1) is 6.41. The maximum absolute atomic E-state index is 5.43. The minimum absolute atomic E-state index is 0.878. The van der Waals surface area contributed by atoms with E-state index in [9.17, 15) is 0 Å². The van der Waals surface area contributed by atoms with E-state index in [0.29, 0.717) is 0 Å². The van der Waals surface area contributed by atoms with E-state index in [2.05, 4.69) is 6.92 Å². The molecule has 2 heteroatoms. The van der Waals surface area contributed by atoms with Gasteiger partial charge in [0.05, 0.1) is 0 Å². The van der Waals surface area contributed by atoms with E-state index in [1.54, 1.807) is 0 Å². The van der Waals surface area contributed by atoms with Crippen LogP contribution >= 0.6 is 8.58 Å². The molecular weight excluding hydrogens is 177 g/mol. The lowest BCUT2D eigenvalue weighted by molar-refractivity contribution is 0.626. The van der Waals surface area contributed by atoms with Gasteiger partial charge in [-0.05, 0) is 31.7 Å². The van der Waals surface area contributed by atoms with Crippen LogP contribution in [0.5, 0.6) is 0 Å². The van der Waals surface area contributed by atoms with Crippen LogP contribution in [-0.2, 0) is 0 Å². The molecule has 0 rings (SSSR count). The molecule has 80 valence electrons. The molecule has 0 heterocycles. The second-order valence-corrected chi connectivity index (χ2v) is 5.16. The molecule has 0 aliphatic rings. The summed E-state index contributed by atoms with van der Waals surface area (Å²) < 4.78 is 0. The highest BCUT2D eigenvalue weighted by Crippen LogP contribution is 2.15. The molecule has 0 radical (unpaired) electrons. The topological polar surface area (TPSA) is 26.0 Å². The van der Waals surface area contributed by atoms with Crippen LogP contribution in [0.2, 0.25) is 0 Å². The lowest BCUT2D eigenvalue weighted by Crippen LogP contribution is -1.98. The van der Waals surface area contributed by atoms with Crippen molar-refractivity contribution in [2.24, 2.45) is 5.73 Å². The molecule has 0 fully saturated rings. The zero-order valence-corrected chi connectivity index (χ0v) is 10.1. The Balaban J connectivity index is 2.76. The van der Waals surface area contributed by atoms with Gasteiger partial charge >= 0.3 is 0 Å². The van der Waals surface area contributed by atoms with Crippen LogP contribution in [0.15, 0.2) is 0 Å². The highest BCUT2D eigenvalue weighted by atomic mass is 31.1. The molecule has 0 saturated carbocycles. The molecule has 0 aliphatic heterocycles. The Morgan fingerprint density at radius 2 is 1.46 bits per heavy atom. The Hall–Kier alpha value is 0.390. The van der Waals surface area contributed by atoms with Crippen LogP contribution < -0.4 is 5.73 Å². The summed E-state index contributed by atoms with van der Waals surface area (Å²) in [5.41, 5.74) is 5.43. The molecule has 0 aromatic heterocycles. The summed E-state index contributed by atoms with van der Waals surface area (Å²) in [4.78, 5) is 0. The van der Waals surface area contributed by atoms with Gasteiger partial charge in [0.2, 0.25) is 0 Å². The van der Waals surface area contributed by atoms with Gasteiger partial charge < -0.3 is 5.73 Å². The van der Waals surface area contributed by atoms with Gasteiger partial charge in [0.15, 0.2) is 0 Å². The highest BCUT2D eigenvalue weighted by molar-refractivity contribution is 7.37. The van der Waals surface area contributed by atoms with E-state index in [0.717, 1.165) is 6.54 Å². The Bertz CT molecular complexity index is 76.2. The van der Waals surface area contributed by atoms with E-state index in [-0.39, 0.29) is 0 Å². The third kappa shape index (κ3) is 12.4. The number of hydrogen-bond acceptors (Lipinski definition) is 1. The van der Waals surface area contributed by atoms with E-state index in [4.69, 9.17) is 5.73 Å². The SMILES string of the molecule is CCCCCCCCPCCCN. The van der Waals surface area contributed by atoms with E-state index in [1.807, 2.05) is 0 Å². The van der Waals surface area contributed by atoms with Crippen molar-refractivity contribution < 1.29 is 0 Å². The molecule has 0 bridgehead atoms. The molecule has 0 aromatic carbocycles. The first-order valence-electron chi connectivity index (χ1n) is 5.82. The lowest BCUT2D eigenvalue weighted by atomic mass is 10.1. The zero-order chi connectivity index (χ0) is 9.78. The van der Waals surface area contributed by atoms with Gasteiger partial charge in [-0.1, -0.05) is 39.0 Å². The number of nitrogens with two attached hydrogens (primary N) is 1. The van der Waals surface area contributed by atoms with Crippen molar-refractivity contribution in [2.45, 2.75) is 51.9 Å². The van der Waals surface area contributed by atoms with Gasteiger partial charge in [-0.2, -0.15) is 0 Å². The molecule has 0 spiro atoms. The van der Waals surface area contributed by atoms with Gasteiger partial charge in [0.25, 0.3) is 0 Å². The maximum Gasteiger partial charge on any atom is -0.00740 e. The molecule has 1 atom stereocenters. The fraction of sp³-hybridized carbons (Fsp3) is 1.00. The molecule has 0 amide bonds. The third-order valence-corrected chi connectivity index (χ3v) is 3.68. The third-order valence-electron chi connectivity index (χ3n) is 2.26. The second-order valence-electron chi connectivity index (χ2n) is 3.66. The van der Waals surface area contributed by atoms with Gasteiger partial charge in [0, 0.05) is 0 Å². The van der Waals surface area contributed by atoms with Crippen molar-refractivity contribution in [1.82, 2.24) is 0 Å². The average Bonchev–Trinajstić information content (AvgIpc) is 2.16. The van der Waals surface area contributed by atoms with Crippen LogP contribution in [0.25, 0.3) is 0 Å². The monoisotopic (exact) mass is 203 g/mol. The summed E-state index contributed by atoms with van der Waals surface area (Å²) in [6.07, 6.45) is 12.6. The standard InChI is InChI=1S/C11H26NP/c1-2-3-4-5-6-7-10-13-11-8-9-12/h13H,2-12H2,1H3. The molecule has 1 nitrogen and oxygen atoms in total. The first kappa shape index (κ1) is 13.4. The Morgan fingerprint density at radius 1 is 0.846 bits per heavy atom. The molecule has 2 N–H and O–H groups in total. The molecule has 0 aliphatic carbocycles. The van der Waals surface area contributed by atoms with Crippen molar-refractivity contribution in [3.8, 4) is 0 Å². The minimum atomic E-state index is 0.878. The predicted molar refractivity (Wildman–Crippen MR) is 65.1 cm³/mol. The van der Waals surface area contributed by atoms with Crippen molar-refractivity contribution in [3.63, 3.8) is 0 Å². The fourth-order valence-corrected chi connectivity index (χ4v) is 2.59. The van der Waals surface area contributed by atoms with Gasteiger partial charge in [0.1, 0.15) is 0 Å².